The Hall–Kier alpha value is -1.98. The van der Waals surface area contributed by atoms with Crippen molar-refractivity contribution in [2.75, 3.05) is 0 Å². The number of carbonyl (C=O) groups is 4. The molecular formula is C14H10O6. The second kappa shape index (κ2) is 3.02. The number of hydrogen-bond acceptors (Lipinski definition) is 6. The van der Waals surface area contributed by atoms with E-state index in [2.05, 4.69) is 0 Å². The van der Waals surface area contributed by atoms with Gasteiger partial charge in [-0.25, -0.2) is 0 Å². The van der Waals surface area contributed by atoms with Gasteiger partial charge in [0.05, 0.1) is 23.7 Å². The van der Waals surface area contributed by atoms with Gasteiger partial charge < -0.3 is 9.47 Å². The molecule has 2 saturated carbocycles. The Morgan fingerprint density at radius 1 is 0.600 bits per heavy atom. The van der Waals surface area contributed by atoms with Crippen molar-refractivity contribution in [3.8, 4) is 0 Å². The predicted octanol–water partition coefficient (Wildman–Crippen LogP) is -0.320. The van der Waals surface area contributed by atoms with Crippen molar-refractivity contribution in [1.29, 1.82) is 0 Å². The van der Waals surface area contributed by atoms with E-state index < -0.39 is 47.5 Å². The Morgan fingerprint density at radius 2 is 0.950 bits per heavy atom. The molecule has 0 aromatic rings. The predicted molar refractivity (Wildman–Crippen MR) is 59.3 cm³/mol. The van der Waals surface area contributed by atoms with Crippen molar-refractivity contribution in [2.24, 2.45) is 47.3 Å². The molecule has 2 heterocycles. The molecule has 0 radical (unpaired) electrons. The van der Waals surface area contributed by atoms with Crippen LogP contribution in [0.2, 0.25) is 0 Å². The summed E-state index contributed by atoms with van der Waals surface area (Å²) in [5, 5.41) is 0. The second-order valence-corrected chi connectivity index (χ2v) is 6.28. The minimum atomic E-state index is -0.487. The van der Waals surface area contributed by atoms with Gasteiger partial charge in [-0.2, -0.15) is 0 Å². The molecular weight excluding hydrogens is 264 g/mol. The minimum Gasteiger partial charge on any atom is -0.393 e. The number of esters is 4. The van der Waals surface area contributed by atoms with Gasteiger partial charge in [-0.3, -0.25) is 19.2 Å². The fourth-order valence-electron chi connectivity index (χ4n) is 5.20. The van der Waals surface area contributed by atoms with Gasteiger partial charge in [-0.1, -0.05) is 12.2 Å². The average molecular weight is 274 g/mol. The van der Waals surface area contributed by atoms with Crippen molar-refractivity contribution < 1.29 is 28.7 Å². The van der Waals surface area contributed by atoms with Gasteiger partial charge in [0.15, 0.2) is 0 Å². The van der Waals surface area contributed by atoms with Crippen LogP contribution in [0.3, 0.4) is 0 Å². The van der Waals surface area contributed by atoms with E-state index in [4.69, 9.17) is 9.47 Å². The number of carbonyl (C=O) groups excluding carboxylic acids is 4. The first kappa shape index (κ1) is 10.8. The lowest BCUT2D eigenvalue weighted by molar-refractivity contribution is -0.166. The number of ether oxygens (including phenoxy) is 2. The first-order valence-corrected chi connectivity index (χ1v) is 6.79. The Labute approximate surface area is 113 Å². The number of fused-ring (bicyclic) bond motifs is 1. The summed E-state index contributed by atoms with van der Waals surface area (Å²) in [4.78, 5) is 47.3. The molecule has 0 aromatic carbocycles. The molecule has 2 saturated heterocycles. The number of rotatable bonds is 0. The topological polar surface area (TPSA) is 86.7 Å². The molecule has 102 valence electrons. The number of allylic oxidation sites excluding steroid dienone is 2. The normalized spacial score (nSPS) is 54.0. The van der Waals surface area contributed by atoms with Gasteiger partial charge >= 0.3 is 23.9 Å². The van der Waals surface area contributed by atoms with Crippen LogP contribution in [0, 0.1) is 47.3 Å². The molecule has 2 bridgehead atoms. The van der Waals surface area contributed by atoms with Crippen molar-refractivity contribution in [1.82, 2.24) is 0 Å². The number of hydrogen-bond donors (Lipinski definition) is 0. The highest BCUT2D eigenvalue weighted by Crippen LogP contribution is 2.67. The maximum Gasteiger partial charge on any atom is 0.318 e. The van der Waals surface area contributed by atoms with E-state index in [0.29, 0.717) is 0 Å². The molecule has 0 spiro atoms. The van der Waals surface area contributed by atoms with Gasteiger partial charge in [0.1, 0.15) is 0 Å². The summed E-state index contributed by atoms with van der Waals surface area (Å²) in [6.07, 6.45) is 3.83. The molecule has 6 heteroatoms. The fraction of sp³-hybridized carbons (Fsp3) is 0.571. The molecule has 6 aliphatic rings. The summed E-state index contributed by atoms with van der Waals surface area (Å²) in [5.74, 6) is -4.26. The average Bonchev–Trinajstić information content (AvgIpc) is 2.78. The molecule has 20 heavy (non-hydrogen) atoms. The summed E-state index contributed by atoms with van der Waals surface area (Å²) >= 11 is 0. The Balaban J connectivity index is 1.63. The van der Waals surface area contributed by atoms with Crippen molar-refractivity contribution >= 4 is 23.9 Å². The maximum absolute atomic E-state index is 11.9. The summed E-state index contributed by atoms with van der Waals surface area (Å²) in [6.45, 7) is 0. The molecule has 0 amide bonds. The van der Waals surface area contributed by atoms with Crippen molar-refractivity contribution in [2.45, 2.75) is 0 Å². The van der Waals surface area contributed by atoms with Crippen LogP contribution < -0.4 is 0 Å². The molecule has 6 rings (SSSR count). The second-order valence-electron chi connectivity index (χ2n) is 6.28. The van der Waals surface area contributed by atoms with Crippen molar-refractivity contribution in [3.63, 3.8) is 0 Å². The van der Waals surface area contributed by atoms with Crippen LogP contribution in [0.5, 0.6) is 0 Å². The van der Waals surface area contributed by atoms with E-state index in [-0.39, 0.29) is 23.7 Å². The van der Waals surface area contributed by atoms with E-state index in [0.717, 1.165) is 0 Å². The van der Waals surface area contributed by atoms with E-state index >= 15 is 0 Å². The van der Waals surface area contributed by atoms with Gasteiger partial charge in [-0.15, -0.1) is 0 Å². The highest BCUT2D eigenvalue weighted by atomic mass is 16.6. The highest BCUT2D eigenvalue weighted by Gasteiger charge is 2.74. The van der Waals surface area contributed by atoms with Crippen LogP contribution in [0.25, 0.3) is 0 Å². The molecule has 4 fully saturated rings. The van der Waals surface area contributed by atoms with Gasteiger partial charge in [0.2, 0.25) is 0 Å². The summed E-state index contributed by atoms with van der Waals surface area (Å²) in [6, 6.07) is 0. The summed E-state index contributed by atoms with van der Waals surface area (Å²) < 4.78 is 9.50. The zero-order valence-electron chi connectivity index (χ0n) is 10.2. The quantitative estimate of drug-likeness (QED) is 0.342. The van der Waals surface area contributed by atoms with Gasteiger partial charge in [0, 0.05) is 0 Å². The van der Waals surface area contributed by atoms with Crippen molar-refractivity contribution in [3.05, 3.63) is 12.2 Å². The molecule has 8 atom stereocenters. The van der Waals surface area contributed by atoms with E-state index in [1.54, 1.807) is 0 Å². The first-order chi connectivity index (χ1) is 9.59. The zero-order valence-corrected chi connectivity index (χ0v) is 10.2. The lowest BCUT2D eigenvalue weighted by Gasteiger charge is -2.59. The van der Waals surface area contributed by atoms with Crippen LogP contribution in [0.4, 0.5) is 0 Å². The maximum atomic E-state index is 11.9. The van der Waals surface area contributed by atoms with Gasteiger partial charge in [0.25, 0.3) is 0 Å². The van der Waals surface area contributed by atoms with E-state index in [1.807, 2.05) is 12.2 Å². The SMILES string of the molecule is O=C1OC(=O)[C@H]2[C@@H]3C=C[C@H]([C@@H]12)[C@H]1[C@H]2C(=O)OC(=O)[C@H]2[C@@H]31. The fourth-order valence-corrected chi connectivity index (χ4v) is 5.20. The van der Waals surface area contributed by atoms with Crippen LogP contribution in [-0.2, 0) is 28.7 Å². The molecule has 0 N–H and O–H groups in total. The summed E-state index contributed by atoms with van der Waals surface area (Å²) in [5.41, 5.74) is 0. The monoisotopic (exact) mass is 274 g/mol. The minimum absolute atomic E-state index is 0.0614. The van der Waals surface area contributed by atoms with Crippen LogP contribution in [0.15, 0.2) is 12.2 Å². The molecule has 0 aromatic heterocycles. The number of cyclic esters (lactones) is 4. The van der Waals surface area contributed by atoms with Gasteiger partial charge in [-0.05, 0) is 23.7 Å². The van der Waals surface area contributed by atoms with Crippen LogP contribution >= 0.6 is 0 Å². The third-order valence-electron chi connectivity index (χ3n) is 5.81. The van der Waals surface area contributed by atoms with Crippen LogP contribution in [-0.4, -0.2) is 23.9 Å². The molecule has 6 nitrogen and oxygen atoms in total. The molecule has 2 aliphatic heterocycles. The third-order valence-corrected chi connectivity index (χ3v) is 5.81. The lowest BCUT2D eigenvalue weighted by atomic mass is 9.40. The standard InChI is InChI=1S/C14H10O6/c15-11-7-3-1-2-4(8(7)12(16)19-11)6-5(3)9-10(6)14(18)20-13(9)17/h1-10H/t3-,4+,5+,6-,7+,8-,9+,10-. The highest BCUT2D eigenvalue weighted by molar-refractivity contribution is 6.01. The smallest absolute Gasteiger partial charge is 0.318 e. The lowest BCUT2D eigenvalue weighted by Crippen LogP contribution is -2.63. The zero-order chi connectivity index (χ0) is 13.8. The summed E-state index contributed by atoms with van der Waals surface area (Å²) in [7, 11) is 0. The first-order valence-electron chi connectivity index (χ1n) is 6.79. The Kier molecular flexibility index (Phi) is 1.63. The molecule has 4 aliphatic carbocycles. The Bertz CT molecular complexity index is 582. The largest absolute Gasteiger partial charge is 0.393 e. The van der Waals surface area contributed by atoms with E-state index in [9.17, 15) is 19.2 Å². The van der Waals surface area contributed by atoms with Crippen LogP contribution in [0.1, 0.15) is 0 Å². The van der Waals surface area contributed by atoms with E-state index in [1.165, 1.54) is 0 Å². The third kappa shape index (κ3) is 0.910. The Morgan fingerprint density at radius 3 is 1.35 bits per heavy atom. The molecule has 0 unspecified atom stereocenters.